The molecule has 0 aliphatic carbocycles. The van der Waals surface area contributed by atoms with E-state index in [0.29, 0.717) is 36.8 Å². The van der Waals surface area contributed by atoms with Crippen molar-refractivity contribution in [3.05, 3.63) is 47.0 Å². The van der Waals surface area contributed by atoms with E-state index in [1.807, 2.05) is 30.3 Å². The molecule has 1 aliphatic rings. The van der Waals surface area contributed by atoms with Gasteiger partial charge in [-0.25, -0.2) is 4.98 Å². The number of carbonyl (C=O) groups excluding carboxylic acids is 3. The molecule has 26 heavy (non-hydrogen) atoms. The molecule has 0 bridgehead atoms. The first-order chi connectivity index (χ1) is 12.6. The number of nitrogens with one attached hydrogen (secondary N) is 3. The van der Waals surface area contributed by atoms with Gasteiger partial charge < -0.3 is 16.0 Å². The molecule has 0 saturated carbocycles. The van der Waals surface area contributed by atoms with E-state index in [1.165, 1.54) is 11.3 Å². The lowest BCUT2D eigenvalue weighted by atomic mass is 9.98. The van der Waals surface area contributed by atoms with Crippen LogP contribution >= 0.6 is 11.3 Å². The topological polar surface area (TPSA) is 100 Å². The summed E-state index contributed by atoms with van der Waals surface area (Å²) in [4.78, 5) is 39.7. The number of rotatable bonds is 6. The Morgan fingerprint density at radius 1 is 1.27 bits per heavy atom. The van der Waals surface area contributed by atoms with Crippen molar-refractivity contribution in [2.45, 2.75) is 25.8 Å². The van der Waals surface area contributed by atoms with Crippen molar-refractivity contribution in [3.8, 4) is 0 Å². The maximum atomic E-state index is 12.2. The van der Waals surface area contributed by atoms with Gasteiger partial charge in [0.1, 0.15) is 0 Å². The number of aromatic nitrogens is 1. The van der Waals surface area contributed by atoms with E-state index in [9.17, 15) is 14.4 Å². The van der Waals surface area contributed by atoms with Crippen molar-refractivity contribution in [1.29, 1.82) is 0 Å². The summed E-state index contributed by atoms with van der Waals surface area (Å²) in [5.41, 5.74) is 1.65. The van der Waals surface area contributed by atoms with E-state index in [2.05, 4.69) is 20.9 Å². The number of thiazole rings is 1. The second-order valence-electron chi connectivity index (χ2n) is 6.11. The van der Waals surface area contributed by atoms with Crippen LogP contribution in [0.1, 0.15) is 24.1 Å². The molecule has 1 aromatic carbocycles. The van der Waals surface area contributed by atoms with Crippen LogP contribution in [-0.2, 0) is 27.3 Å². The van der Waals surface area contributed by atoms with Crippen LogP contribution in [0.4, 0.5) is 5.13 Å². The molecule has 1 saturated heterocycles. The Bertz CT molecular complexity index is 781. The zero-order valence-corrected chi connectivity index (χ0v) is 15.0. The number of amides is 3. The summed E-state index contributed by atoms with van der Waals surface area (Å²) in [5, 5.41) is 10.5. The molecule has 0 radical (unpaired) electrons. The van der Waals surface area contributed by atoms with Gasteiger partial charge in [0.2, 0.25) is 17.7 Å². The van der Waals surface area contributed by atoms with Gasteiger partial charge in [-0.15, -0.1) is 11.3 Å². The van der Waals surface area contributed by atoms with Crippen LogP contribution in [0, 0.1) is 5.92 Å². The summed E-state index contributed by atoms with van der Waals surface area (Å²) in [7, 11) is 0. The zero-order valence-electron chi connectivity index (χ0n) is 14.2. The quantitative estimate of drug-likeness (QED) is 0.715. The van der Waals surface area contributed by atoms with Gasteiger partial charge in [-0.3, -0.25) is 14.4 Å². The summed E-state index contributed by atoms with van der Waals surface area (Å²) in [6.07, 6.45) is 1.07. The first-order valence-corrected chi connectivity index (χ1v) is 9.30. The number of carbonyl (C=O) groups is 3. The second-order valence-corrected chi connectivity index (χ2v) is 6.97. The molecule has 2 heterocycles. The molecule has 3 N–H and O–H groups in total. The number of benzene rings is 1. The molecule has 1 unspecified atom stereocenters. The summed E-state index contributed by atoms with van der Waals surface area (Å²) in [5.74, 6) is -0.534. The van der Waals surface area contributed by atoms with Crippen molar-refractivity contribution in [2.24, 2.45) is 5.92 Å². The average molecular weight is 372 g/mol. The van der Waals surface area contributed by atoms with E-state index in [-0.39, 0.29) is 30.1 Å². The van der Waals surface area contributed by atoms with Crippen LogP contribution in [0.2, 0.25) is 0 Å². The fraction of sp³-hybridized carbons (Fsp3) is 0.333. The fourth-order valence-electron chi connectivity index (χ4n) is 2.63. The summed E-state index contributed by atoms with van der Waals surface area (Å²) in [6.45, 7) is 0.825. The number of piperidine rings is 1. The molecule has 0 spiro atoms. The lowest BCUT2D eigenvalue weighted by Crippen LogP contribution is -2.40. The van der Waals surface area contributed by atoms with Gasteiger partial charge in [0, 0.05) is 24.9 Å². The van der Waals surface area contributed by atoms with Crippen LogP contribution in [0.25, 0.3) is 0 Å². The van der Waals surface area contributed by atoms with E-state index < -0.39 is 0 Å². The third-order valence-electron chi connectivity index (χ3n) is 4.09. The Morgan fingerprint density at radius 3 is 2.81 bits per heavy atom. The van der Waals surface area contributed by atoms with Crippen molar-refractivity contribution in [2.75, 3.05) is 11.9 Å². The molecule has 1 aliphatic heterocycles. The lowest BCUT2D eigenvalue weighted by molar-refractivity contribution is -0.126. The highest BCUT2D eigenvalue weighted by Gasteiger charge is 2.25. The molecule has 1 atom stereocenters. The van der Waals surface area contributed by atoms with Crippen LogP contribution in [0.5, 0.6) is 0 Å². The maximum absolute atomic E-state index is 12.2. The largest absolute Gasteiger partial charge is 0.355 e. The van der Waals surface area contributed by atoms with Crippen molar-refractivity contribution in [1.82, 2.24) is 15.6 Å². The maximum Gasteiger partial charge on any atom is 0.231 e. The number of nitrogens with zero attached hydrogens (tertiary/aromatic N) is 1. The van der Waals surface area contributed by atoms with Gasteiger partial charge in [0.15, 0.2) is 5.13 Å². The minimum Gasteiger partial charge on any atom is -0.355 e. The first-order valence-electron chi connectivity index (χ1n) is 8.43. The molecule has 1 fully saturated rings. The summed E-state index contributed by atoms with van der Waals surface area (Å²) >= 11 is 1.29. The molecule has 3 amide bonds. The van der Waals surface area contributed by atoms with Gasteiger partial charge in [-0.2, -0.15) is 0 Å². The standard InChI is InChI=1S/C18H20N4O3S/c23-15-7-6-13(10-20-15)17(25)22-18-21-14(11-26-18)8-16(24)19-9-12-4-2-1-3-5-12/h1-5,11,13H,6-10H2,(H,19,24)(H,20,23)(H,21,22,25). The normalized spacial score (nSPS) is 16.6. The van der Waals surface area contributed by atoms with Gasteiger partial charge in [0.25, 0.3) is 0 Å². The summed E-state index contributed by atoms with van der Waals surface area (Å²) < 4.78 is 0. The number of anilines is 1. The lowest BCUT2D eigenvalue weighted by Gasteiger charge is -2.20. The molecule has 136 valence electrons. The predicted molar refractivity (Wildman–Crippen MR) is 98.5 cm³/mol. The highest BCUT2D eigenvalue weighted by atomic mass is 32.1. The number of hydrogen-bond acceptors (Lipinski definition) is 5. The molecule has 7 nitrogen and oxygen atoms in total. The highest BCUT2D eigenvalue weighted by Crippen LogP contribution is 2.19. The molecular weight excluding hydrogens is 352 g/mol. The molecule has 2 aromatic rings. The van der Waals surface area contributed by atoms with Gasteiger partial charge >= 0.3 is 0 Å². The van der Waals surface area contributed by atoms with Gasteiger partial charge in [-0.05, 0) is 12.0 Å². The van der Waals surface area contributed by atoms with E-state index in [0.717, 1.165) is 5.56 Å². The fourth-order valence-corrected chi connectivity index (χ4v) is 3.35. The minimum atomic E-state index is -0.241. The Hall–Kier alpha value is -2.74. The molecule has 1 aromatic heterocycles. The monoisotopic (exact) mass is 372 g/mol. The van der Waals surface area contributed by atoms with Gasteiger partial charge in [-0.1, -0.05) is 30.3 Å². The zero-order chi connectivity index (χ0) is 18.4. The third-order valence-corrected chi connectivity index (χ3v) is 4.90. The van der Waals surface area contributed by atoms with E-state index in [4.69, 9.17) is 0 Å². The Balaban J connectivity index is 1.46. The SMILES string of the molecule is O=C1CCC(C(=O)Nc2nc(CC(=O)NCc3ccccc3)cs2)CN1. The Morgan fingerprint density at radius 2 is 2.08 bits per heavy atom. The highest BCUT2D eigenvalue weighted by molar-refractivity contribution is 7.13. The first kappa shape index (κ1) is 18.1. The smallest absolute Gasteiger partial charge is 0.231 e. The Labute approximate surface area is 155 Å². The minimum absolute atomic E-state index is 0.0212. The molecule has 3 rings (SSSR count). The summed E-state index contributed by atoms with van der Waals surface area (Å²) in [6, 6.07) is 9.68. The number of hydrogen-bond donors (Lipinski definition) is 3. The van der Waals surface area contributed by atoms with Crippen molar-refractivity contribution < 1.29 is 14.4 Å². The van der Waals surface area contributed by atoms with Gasteiger partial charge in [0.05, 0.1) is 18.0 Å². The Kier molecular flexibility index (Phi) is 5.96. The van der Waals surface area contributed by atoms with Crippen LogP contribution in [0.15, 0.2) is 35.7 Å². The second kappa shape index (κ2) is 8.57. The van der Waals surface area contributed by atoms with Crippen molar-refractivity contribution >= 4 is 34.2 Å². The van der Waals surface area contributed by atoms with E-state index in [1.54, 1.807) is 5.38 Å². The average Bonchev–Trinajstić information content (AvgIpc) is 3.08. The molecular formula is C18H20N4O3S. The molecule has 8 heteroatoms. The van der Waals surface area contributed by atoms with Crippen LogP contribution in [-0.4, -0.2) is 29.3 Å². The van der Waals surface area contributed by atoms with Crippen LogP contribution in [0.3, 0.4) is 0 Å². The van der Waals surface area contributed by atoms with Crippen LogP contribution < -0.4 is 16.0 Å². The third kappa shape index (κ3) is 5.13. The predicted octanol–water partition coefficient (Wildman–Crippen LogP) is 1.47. The van der Waals surface area contributed by atoms with E-state index >= 15 is 0 Å². The van der Waals surface area contributed by atoms with Crippen molar-refractivity contribution in [3.63, 3.8) is 0 Å².